The van der Waals surface area contributed by atoms with Crippen molar-refractivity contribution in [2.75, 3.05) is 0 Å². The predicted octanol–water partition coefficient (Wildman–Crippen LogP) is 7.53. The Morgan fingerprint density at radius 1 is 0.862 bits per heavy atom. The van der Waals surface area contributed by atoms with Crippen molar-refractivity contribution in [1.29, 1.82) is 0 Å². The van der Waals surface area contributed by atoms with Gasteiger partial charge in [-0.05, 0) is 71.1 Å². The fourth-order valence-corrected chi connectivity index (χ4v) is 4.61. The quantitative estimate of drug-likeness (QED) is 0.324. The van der Waals surface area contributed by atoms with E-state index in [2.05, 4.69) is 41.4 Å². The Hall–Kier alpha value is -3.13. The lowest BCUT2D eigenvalue weighted by atomic mass is 9.97. The summed E-state index contributed by atoms with van der Waals surface area (Å²) in [7, 11) is 0. The molecule has 1 aliphatic carbocycles. The maximum absolute atomic E-state index is 8.74. The van der Waals surface area contributed by atoms with E-state index in [1.165, 1.54) is 5.39 Å². The van der Waals surface area contributed by atoms with E-state index in [0.717, 1.165) is 69.8 Å². The average Bonchev–Trinajstić information content (AvgIpc) is 3.46. The minimum absolute atomic E-state index is 0.0938. The van der Waals surface area contributed by atoms with Crippen LogP contribution in [0.4, 0.5) is 0 Å². The monoisotopic (exact) mass is 379 g/mol. The van der Waals surface area contributed by atoms with Gasteiger partial charge in [-0.2, -0.15) is 0 Å². The molecule has 0 radical (unpaired) electrons. The Bertz CT molecular complexity index is 1430. The highest BCUT2D eigenvalue weighted by Gasteiger charge is 2.16. The molecule has 1 fully saturated rings. The van der Waals surface area contributed by atoms with Gasteiger partial charge in [0.15, 0.2) is 0 Å². The van der Waals surface area contributed by atoms with E-state index in [4.69, 9.17) is 7.16 Å². The summed E-state index contributed by atoms with van der Waals surface area (Å²) in [5.41, 5.74) is 4.24. The van der Waals surface area contributed by atoms with E-state index < -0.39 is 6.37 Å². The molecule has 142 valence electrons. The second-order valence-corrected chi connectivity index (χ2v) is 8.06. The normalized spacial score (nSPS) is 16.6. The van der Waals surface area contributed by atoms with E-state index >= 15 is 0 Å². The zero-order valence-electron chi connectivity index (χ0n) is 18.2. The van der Waals surface area contributed by atoms with E-state index in [1.807, 2.05) is 30.3 Å². The van der Waals surface area contributed by atoms with Crippen LogP contribution >= 0.6 is 0 Å². The van der Waals surface area contributed by atoms with Crippen LogP contribution in [0, 0.1) is 5.92 Å². The highest BCUT2D eigenvalue weighted by Crippen LogP contribution is 2.35. The summed E-state index contributed by atoms with van der Waals surface area (Å²) < 4.78 is 23.6. The van der Waals surface area contributed by atoms with Crippen LogP contribution in [0.25, 0.3) is 44.0 Å². The number of pyridine rings is 1. The maximum atomic E-state index is 8.74. The first-order chi connectivity index (χ1) is 15.1. The standard InChI is InChI=1S/C27H23NO/c1-2-6-18(5-1)13-19-11-12-28-25(14-19)22-9-10-26-23(16-22)24-15-20-7-3-4-8-21(20)17-27(24)29-26/h3-4,7-12,14-18H,1-2,5-6,13H2/i13D2. The molecule has 0 atom stereocenters. The van der Waals surface area contributed by atoms with Crippen molar-refractivity contribution < 1.29 is 7.16 Å². The molecule has 6 rings (SSSR count). The molecule has 0 aliphatic heterocycles. The fraction of sp³-hybridized carbons (Fsp3) is 0.222. The molecule has 2 heterocycles. The van der Waals surface area contributed by atoms with E-state index in [0.29, 0.717) is 0 Å². The van der Waals surface area contributed by atoms with Gasteiger partial charge >= 0.3 is 0 Å². The number of hydrogen-bond donors (Lipinski definition) is 0. The van der Waals surface area contributed by atoms with Crippen LogP contribution in [0.3, 0.4) is 0 Å². The van der Waals surface area contributed by atoms with Gasteiger partial charge in [0.2, 0.25) is 0 Å². The van der Waals surface area contributed by atoms with Crippen molar-refractivity contribution in [1.82, 2.24) is 4.98 Å². The molecule has 29 heavy (non-hydrogen) atoms. The SMILES string of the molecule is [2H]C([2H])(c1ccnc(-c2ccc3oc4cc5ccccc5cc4c3c2)c1)C1CCCC1. The number of nitrogens with zero attached hydrogens (tertiary/aromatic N) is 1. The van der Waals surface area contributed by atoms with Crippen LogP contribution in [-0.2, 0) is 6.37 Å². The highest BCUT2D eigenvalue weighted by atomic mass is 16.3. The number of aromatic nitrogens is 1. The van der Waals surface area contributed by atoms with Crippen LogP contribution in [-0.4, -0.2) is 4.98 Å². The van der Waals surface area contributed by atoms with E-state index in [9.17, 15) is 0 Å². The number of benzene rings is 3. The van der Waals surface area contributed by atoms with Gasteiger partial charge in [0.25, 0.3) is 0 Å². The molecule has 0 amide bonds. The molecule has 0 saturated heterocycles. The van der Waals surface area contributed by atoms with Gasteiger partial charge in [0, 0.05) is 25.3 Å². The molecular formula is C27H23NO. The molecule has 0 bridgehead atoms. The molecule has 0 spiro atoms. The van der Waals surface area contributed by atoms with Crippen LogP contribution in [0.2, 0.25) is 0 Å². The summed E-state index contributed by atoms with van der Waals surface area (Å²) in [6, 6.07) is 22.5. The Morgan fingerprint density at radius 2 is 1.66 bits per heavy atom. The fourth-order valence-electron chi connectivity index (χ4n) is 4.61. The molecule has 0 N–H and O–H groups in total. The first-order valence-electron chi connectivity index (χ1n) is 11.4. The number of fused-ring (bicyclic) bond motifs is 4. The second kappa shape index (κ2) is 6.73. The first-order valence-corrected chi connectivity index (χ1v) is 10.4. The lowest BCUT2D eigenvalue weighted by Crippen LogP contribution is -1.99. The van der Waals surface area contributed by atoms with Gasteiger partial charge in [-0.25, -0.2) is 0 Å². The van der Waals surface area contributed by atoms with Crippen molar-refractivity contribution in [2.45, 2.75) is 32.1 Å². The summed E-state index contributed by atoms with van der Waals surface area (Å²) in [6.45, 7) is 0. The molecule has 1 saturated carbocycles. The predicted molar refractivity (Wildman–Crippen MR) is 120 cm³/mol. The maximum Gasteiger partial charge on any atom is 0.136 e. The van der Waals surface area contributed by atoms with E-state index in [-0.39, 0.29) is 5.92 Å². The topological polar surface area (TPSA) is 26.0 Å². The Morgan fingerprint density at radius 3 is 2.52 bits per heavy atom. The van der Waals surface area contributed by atoms with Gasteiger partial charge in [-0.15, -0.1) is 0 Å². The zero-order valence-corrected chi connectivity index (χ0v) is 16.2. The molecular weight excluding hydrogens is 354 g/mol. The molecule has 2 nitrogen and oxygen atoms in total. The highest BCUT2D eigenvalue weighted by molar-refractivity contribution is 6.10. The smallest absolute Gasteiger partial charge is 0.136 e. The van der Waals surface area contributed by atoms with Gasteiger partial charge in [0.1, 0.15) is 11.2 Å². The van der Waals surface area contributed by atoms with Crippen molar-refractivity contribution in [3.63, 3.8) is 0 Å². The lowest BCUT2D eigenvalue weighted by molar-refractivity contribution is 0.546. The third-order valence-electron chi connectivity index (χ3n) is 6.12. The largest absolute Gasteiger partial charge is 0.456 e. The third-order valence-corrected chi connectivity index (χ3v) is 6.12. The molecule has 3 aromatic carbocycles. The third kappa shape index (κ3) is 3.00. The average molecular weight is 379 g/mol. The molecule has 2 aromatic heterocycles. The Labute approximate surface area is 173 Å². The Kier molecular flexibility index (Phi) is 3.44. The molecule has 2 heteroatoms. The van der Waals surface area contributed by atoms with Gasteiger partial charge in [-0.1, -0.05) is 49.9 Å². The van der Waals surface area contributed by atoms with Crippen LogP contribution in [0.5, 0.6) is 0 Å². The first kappa shape index (κ1) is 14.8. The van der Waals surface area contributed by atoms with E-state index in [1.54, 1.807) is 6.20 Å². The minimum Gasteiger partial charge on any atom is -0.456 e. The number of rotatable bonds is 3. The van der Waals surface area contributed by atoms with Crippen LogP contribution < -0.4 is 0 Å². The summed E-state index contributed by atoms with van der Waals surface area (Å²) in [5, 5.41) is 4.50. The Balaban J connectivity index is 1.47. The summed E-state index contributed by atoms with van der Waals surface area (Å²) in [5.74, 6) is 0.0938. The minimum atomic E-state index is -1.32. The van der Waals surface area contributed by atoms with Gasteiger partial charge in [0.05, 0.1) is 5.69 Å². The summed E-state index contributed by atoms with van der Waals surface area (Å²) >= 11 is 0. The zero-order chi connectivity index (χ0) is 21.0. The number of hydrogen-bond acceptors (Lipinski definition) is 2. The lowest BCUT2D eigenvalue weighted by Gasteiger charge is -2.10. The molecule has 0 unspecified atom stereocenters. The van der Waals surface area contributed by atoms with Gasteiger partial charge in [-0.3, -0.25) is 4.98 Å². The summed E-state index contributed by atoms with van der Waals surface area (Å²) in [6.07, 6.45) is 4.60. The van der Waals surface area contributed by atoms with Crippen LogP contribution in [0.1, 0.15) is 34.0 Å². The van der Waals surface area contributed by atoms with Gasteiger partial charge < -0.3 is 4.42 Å². The van der Waals surface area contributed by atoms with Crippen molar-refractivity contribution in [3.05, 3.63) is 78.5 Å². The molecule has 5 aromatic rings. The van der Waals surface area contributed by atoms with Crippen molar-refractivity contribution in [3.8, 4) is 11.3 Å². The van der Waals surface area contributed by atoms with Crippen molar-refractivity contribution >= 4 is 32.7 Å². The second-order valence-electron chi connectivity index (χ2n) is 8.06. The molecule has 1 aliphatic rings. The van der Waals surface area contributed by atoms with Crippen LogP contribution in [0.15, 0.2) is 77.3 Å². The van der Waals surface area contributed by atoms with Crippen molar-refractivity contribution in [2.24, 2.45) is 5.92 Å². The summed E-state index contributed by atoms with van der Waals surface area (Å²) in [4.78, 5) is 4.57. The number of furan rings is 1.